The molecule has 2 N–H and O–H groups in total. The second-order valence-electron chi connectivity index (χ2n) is 2.53. The van der Waals surface area contributed by atoms with E-state index in [0.29, 0.717) is 5.92 Å². The Balaban J connectivity index is 3.54. The van der Waals surface area contributed by atoms with Crippen LogP contribution in [-0.4, -0.2) is 6.54 Å². The van der Waals surface area contributed by atoms with Crippen LogP contribution < -0.4 is 5.73 Å². The Bertz CT molecular complexity index is 86.6. The predicted octanol–water partition coefficient (Wildman–Crippen LogP) is 1.94. The van der Waals surface area contributed by atoms with Gasteiger partial charge in [-0.3, -0.25) is 0 Å². The second-order valence-corrected chi connectivity index (χ2v) is 2.53. The third kappa shape index (κ3) is 3.31. The zero-order valence-corrected chi connectivity index (χ0v) is 6.48. The third-order valence-corrected chi connectivity index (χ3v) is 1.70. The lowest BCUT2D eigenvalue weighted by Gasteiger charge is -2.11. The summed E-state index contributed by atoms with van der Waals surface area (Å²) in [7, 11) is 0. The summed E-state index contributed by atoms with van der Waals surface area (Å²) in [6, 6.07) is 0. The first-order valence-corrected chi connectivity index (χ1v) is 3.57. The fourth-order valence-electron chi connectivity index (χ4n) is 1.00. The fraction of sp³-hybridized carbons (Fsp3) is 0.750. The van der Waals surface area contributed by atoms with Crippen LogP contribution in [0.1, 0.15) is 26.7 Å². The van der Waals surface area contributed by atoms with Gasteiger partial charge in [-0.2, -0.15) is 0 Å². The Morgan fingerprint density at radius 3 is 2.33 bits per heavy atom. The molecule has 0 aliphatic heterocycles. The fourth-order valence-corrected chi connectivity index (χ4v) is 1.00. The van der Waals surface area contributed by atoms with Crippen LogP contribution in [0, 0.1) is 5.92 Å². The highest BCUT2D eigenvalue weighted by Crippen LogP contribution is 2.15. The molecule has 0 bridgehead atoms. The number of nitrogens with two attached hydrogens (primary N) is 1. The van der Waals surface area contributed by atoms with Crippen molar-refractivity contribution in [1.82, 2.24) is 0 Å². The first kappa shape index (κ1) is 8.70. The summed E-state index contributed by atoms with van der Waals surface area (Å²) in [6.45, 7) is 8.92. The highest BCUT2D eigenvalue weighted by Gasteiger charge is 2.03. The van der Waals surface area contributed by atoms with Crippen molar-refractivity contribution >= 4 is 0 Å². The number of hydrogen-bond donors (Lipinski definition) is 1. The molecule has 0 radical (unpaired) electrons. The van der Waals surface area contributed by atoms with E-state index >= 15 is 0 Å². The molecule has 0 aromatic heterocycles. The van der Waals surface area contributed by atoms with Gasteiger partial charge in [0.2, 0.25) is 0 Å². The Kier molecular flexibility index (Phi) is 4.41. The van der Waals surface area contributed by atoms with Gasteiger partial charge in [0, 0.05) is 0 Å². The average molecular weight is 127 g/mol. The zero-order chi connectivity index (χ0) is 7.28. The van der Waals surface area contributed by atoms with Crippen LogP contribution in [0.5, 0.6) is 0 Å². The smallest absolute Gasteiger partial charge is 0.00716 e. The van der Waals surface area contributed by atoms with Gasteiger partial charge in [-0.15, -0.1) is 0 Å². The quantitative estimate of drug-likeness (QED) is 0.574. The number of allylic oxidation sites excluding steroid dienone is 1. The van der Waals surface area contributed by atoms with Crippen LogP contribution in [-0.2, 0) is 0 Å². The average Bonchev–Trinajstić information content (AvgIpc) is 1.82. The van der Waals surface area contributed by atoms with Gasteiger partial charge >= 0.3 is 0 Å². The van der Waals surface area contributed by atoms with E-state index in [1.807, 2.05) is 0 Å². The zero-order valence-electron chi connectivity index (χ0n) is 6.48. The Labute approximate surface area is 57.9 Å². The minimum Gasteiger partial charge on any atom is -0.330 e. The monoisotopic (exact) mass is 127 g/mol. The van der Waals surface area contributed by atoms with Gasteiger partial charge in [0.25, 0.3) is 0 Å². The summed E-state index contributed by atoms with van der Waals surface area (Å²) in [6.07, 6.45) is 2.26. The topological polar surface area (TPSA) is 26.0 Å². The molecule has 1 nitrogen and oxygen atoms in total. The molecule has 0 amide bonds. The van der Waals surface area contributed by atoms with Crippen molar-refractivity contribution in [2.24, 2.45) is 11.7 Å². The van der Waals surface area contributed by atoms with E-state index in [1.165, 1.54) is 12.0 Å². The molecule has 0 aromatic carbocycles. The minimum atomic E-state index is 0.648. The summed E-state index contributed by atoms with van der Waals surface area (Å²) in [4.78, 5) is 0. The van der Waals surface area contributed by atoms with Crippen LogP contribution >= 0.6 is 0 Å². The van der Waals surface area contributed by atoms with Gasteiger partial charge in [0.05, 0.1) is 0 Å². The number of hydrogen-bond acceptors (Lipinski definition) is 1. The molecule has 0 unspecified atom stereocenters. The molecule has 1 heteroatoms. The second kappa shape index (κ2) is 4.57. The van der Waals surface area contributed by atoms with Gasteiger partial charge in [-0.1, -0.05) is 19.1 Å². The highest BCUT2D eigenvalue weighted by atomic mass is 14.5. The normalized spacial score (nSPS) is 13.2. The van der Waals surface area contributed by atoms with E-state index in [4.69, 9.17) is 5.73 Å². The van der Waals surface area contributed by atoms with E-state index in [1.54, 1.807) is 0 Å². The van der Waals surface area contributed by atoms with Gasteiger partial charge < -0.3 is 5.73 Å². The van der Waals surface area contributed by atoms with Gasteiger partial charge in [-0.05, 0) is 32.2 Å². The standard InChI is InChI=1S/C8H17N/c1-4-8(5-6-9)7(2)3/h8H,2,4-6,9H2,1,3H3/t8-/m0/s1. The van der Waals surface area contributed by atoms with Crippen molar-refractivity contribution in [3.8, 4) is 0 Å². The van der Waals surface area contributed by atoms with Crippen LogP contribution in [0.25, 0.3) is 0 Å². The first-order valence-electron chi connectivity index (χ1n) is 3.57. The molecule has 0 fully saturated rings. The molecular formula is C8H17N. The van der Waals surface area contributed by atoms with E-state index < -0.39 is 0 Å². The maximum Gasteiger partial charge on any atom is -0.00716 e. The van der Waals surface area contributed by atoms with E-state index in [-0.39, 0.29) is 0 Å². The van der Waals surface area contributed by atoms with E-state index in [2.05, 4.69) is 20.4 Å². The lowest BCUT2D eigenvalue weighted by Crippen LogP contribution is -2.08. The summed E-state index contributed by atoms with van der Waals surface area (Å²) >= 11 is 0. The molecule has 1 atom stereocenters. The minimum absolute atomic E-state index is 0.648. The Morgan fingerprint density at radius 1 is 1.67 bits per heavy atom. The molecule has 0 aliphatic rings. The molecule has 54 valence electrons. The molecule has 0 rings (SSSR count). The largest absolute Gasteiger partial charge is 0.330 e. The summed E-state index contributed by atoms with van der Waals surface area (Å²) in [5.41, 5.74) is 6.67. The first-order chi connectivity index (χ1) is 4.22. The third-order valence-electron chi connectivity index (χ3n) is 1.70. The SMILES string of the molecule is C=C(C)[C@@H](CC)CCN. The van der Waals surface area contributed by atoms with Crippen molar-refractivity contribution < 1.29 is 0 Å². The molecule has 0 aromatic rings. The summed E-state index contributed by atoms with van der Waals surface area (Å²) < 4.78 is 0. The van der Waals surface area contributed by atoms with Gasteiger partial charge in [0.1, 0.15) is 0 Å². The molecule has 0 heterocycles. The molecule has 0 aliphatic carbocycles. The van der Waals surface area contributed by atoms with Crippen molar-refractivity contribution in [2.75, 3.05) is 6.54 Å². The maximum atomic E-state index is 5.40. The van der Waals surface area contributed by atoms with Crippen molar-refractivity contribution in [1.29, 1.82) is 0 Å². The Hall–Kier alpha value is -0.300. The summed E-state index contributed by atoms with van der Waals surface area (Å²) in [5, 5.41) is 0. The van der Waals surface area contributed by atoms with E-state index in [0.717, 1.165) is 13.0 Å². The van der Waals surface area contributed by atoms with Crippen molar-refractivity contribution in [3.63, 3.8) is 0 Å². The van der Waals surface area contributed by atoms with Crippen molar-refractivity contribution in [2.45, 2.75) is 26.7 Å². The lowest BCUT2D eigenvalue weighted by atomic mass is 9.96. The highest BCUT2D eigenvalue weighted by molar-refractivity contribution is 4.95. The van der Waals surface area contributed by atoms with E-state index in [9.17, 15) is 0 Å². The molecule has 0 spiro atoms. The van der Waals surface area contributed by atoms with Crippen LogP contribution in [0.4, 0.5) is 0 Å². The van der Waals surface area contributed by atoms with Crippen LogP contribution in [0.15, 0.2) is 12.2 Å². The molecule has 0 saturated carbocycles. The molecule has 0 saturated heterocycles. The number of rotatable bonds is 4. The summed E-state index contributed by atoms with van der Waals surface area (Å²) in [5.74, 6) is 0.648. The van der Waals surface area contributed by atoms with Crippen LogP contribution in [0.2, 0.25) is 0 Å². The Morgan fingerprint density at radius 2 is 2.22 bits per heavy atom. The molecule has 9 heavy (non-hydrogen) atoms. The van der Waals surface area contributed by atoms with Crippen LogP contribution in [0.3, 0.4) is 0 Å². The molecular weight excluding hydrogens is 110 g/mol. The lowest BCUT2D eigenvalue weighted by molar-refractivity contribution is 0.552. The van der Waals surface area contributed by atoms with Gasteiger partial charge in [-0.25, -0.2) is 0 Å². The maximum absolute atomic E-state index is 5.40. The van der Waals surface area contributed by atoms with Crippen molar-refractivity contribution in [3.05, 3.63) is 12.2 Å². The predicted molar refractivity (Wildman–Crippen MR) is 42.3 cm³/mol. The van der Waals surface area contributed by atoms with Gasteiger partial charge in [0.15, 0.2) is 0 Å².